The first kappa shape index (κ1) is 23.8. The molecule has 0 aliphatic carbocycles. The van der Waals surface area contributed by atoms with Crippen molar-refractivity contribution in [1.82, 2.24) is 4.98 Å². The number of benzene rings is 1. The minimum Gasteiger partial charge on any atom is -0.457 e. The molecule has 0 saturated heterocycles. The van der Waals surface area contributed by atoms with Gasteiger partial charge in [-0.2, -0.15) is 0 Å². The average molecular weight is 490 g/mol. The van der Waals surface area contributed by atoms with Crippen LogP contribution in [0.15, 0.2) is 24.5 Å². The van der Waals surface area contributed by atoms with Gasteiger partial charge in [0.1, 0.15) is 0 Å². The lowest BCUT2D eigenvalue weighted by Crippen LogP contribution is -2.39. The molecule has 0 amide bonds. The summed E-state index contributed by atoms with van der Waals surface area (Å²) in [4.78, 5) is 17.0. The molecule has 2 heterocycles. The molecule has 1 aromatic heterocycles. The topological polar surface area (TPSA) is 74.7 Å². The molecule has 31 heavy (non-hydrogen) atoms. The van der Waals surface area contributed by atoms with Gasteiger partial charge in [-0.25, -0.2) is 4.39 Å². The number of carbonyl (C=O) groups is 1. The molecule has 3 atom stereocenters. The van der Waals surface area contributed by atoms with Gasteiger partial charge >= 0.3 is 0 Å². The van der Waals surface area contributed by atoms with E-state index in [4.69, 9.17) is 37.4 Å². The molecular formula is C21H22Cl2FNO5S. The van der Waals surface area contributed by atoms with Crippen LogP contribution in [0, 0.1) is 0 Å². The van der Waals surface area contributed by atoms with Gasteiger partial charge in [0.15, 0.2) is 17.3 Å². The van der Waals surface area contributed by atoms with Crippen molar-refractivity contribution in [1.29, 1.82) is 0 Å². The number of aromatic nitrogens is 1. The third-order valence-corrected chi connectivity index (χ3v) is 6.27. The van der Waals surface area contributed by atoms with Gasteiger partial charge in [0.2, 0.25) is 12.1 Å². The Hall–Kier alpha value is -1.90. The Morgan fingerprint density at radius 1 is 1.26 bits per heavy atom. The first-order valence-corrected chi connectivity index (χ1v) is 12.1. The average Bonchev–Trinajstić information content (AvgIpc) is 3.10. The number of halogens is 3. The second-order valence-corrected chi connectivity index (χ2v) is 9.48. The van der Waals surface area contributed by atoms with Crippen LogP contribution in [0.25, 0.3) is 0 Å². The Balaban J connectivity index is 2.00. The van der Waals surface area contributed by atoms with Gasteiger partial charge in [0, 0.05) is 67.0 Å². The van der Waals surface area contributed by atoms with Gasteiger partial charge in [0.25, 0.3) is 5.79 Å². The van der Waals surface area contributed by atoms with Gasteiger partial charge in [0.05, 0.1) is 15.6 Å². The number of Topliss-reactive ketones (excluding diaryl/α,β-unsaturated/α-hetero) is 1. The number of hydrogen-bond donors (Lipinski definition) is 0. The second-order valence-electron chi connectivity index (χ2n) is 7.11. The van der Waals surface area contributed by atoms with Gasteiger partial charge in [-0.3, -0.25) is 14.0 Å². The van der Waals surface area contributed by atoms with E-state index in [0.717, 1.165) is 0 Å². The first-order valence-electron chi connectivity index (χ1n) is 9.62. The minimum absolute atomic E-state index is 0.0895. The largest absolute Gasteiger partial charge is 0.457 e. The van der Waals surface area contributed by atoms with Crippen LogP contribution in [0.4, 0.5) is 4.39 Å². The fourth-order valence-electron chi connectivity index (χ4n) is 3.21. The molecule has 1 aliphatic heterocycles. The van der Waals surface area contributed by atoms with E-state index in [-0.39, 0.29) is 45.1 Å². The number of ketones is 1. The molecule has 0 N–H and O–H groups in total. The van der Waals surface area contributed by atoms with Crippen LogP contribution < -0.4 is 14.2 Å². The molecule has 0 saturated carbocycles. The summed E-state index contributed by atoms with van der Waals surface area (Å²) in [6.07, 6.45) is 3.46. The van der Waals surface area contributed by atoms with Crippen molar-refractivity contribution in [2.75, 3.05) is 12.0 Å². The lowest BCUT2D eigenvalue weighted by molar-refractivity contribution is -0.0850. The minimum atomic E-state index is -1.59. The van der Waals surface area contributed by atoms with Crippen LogP contribution >= 0.6 is 23.2 Å². The van der Waals surface area contributed by atoms with Crippen molar-refractivity contribution in [3.63, 3.8) is 0 Å². The van der Waals surface area contributed by atoms with E-state index in [2.05, 4.69) is 4.98 Å². The lowest BCUT2D eigenvalue weighted by atomic mass is 10.0. The highest BCUT2D eigenvalue weighted by Gasteiger charge is 2.44. The van der Waals surface area contributed by atoms with E-state index in [1.807, 2.05) is 6.92 Å². The van der Waals surface area contributed by atoms with E-state index < -0.39 is 22.9 Å². The Labute approximate surface area is 192 Å². The molecule has 0 fully saturated rings. The van der Waals surface area contributed by atoms with Crippen molar-refractivity contribution in [2.24, 2.45) is 0 Å². The van der Waals surface area contributed by atoms with Crippen LogP contribution in [0.3, 0.4) is 0 Å². The number of alkyl halides is 1. The van der Waals surface area contributed by atoms with Crippen LogP contribution in [-0.4, -0.2) is 39.1 Å². The number of pyridine rings is 1. The van der Waals surface area contributed by atoms with Gasteiger partial charge < -0.3 is 14.2 Å². The monoisotopic (exact) mass is 489 g/mol. The van der Waals surface area contributed by atoms with E-state index in [1.54, 1.807) is 6.26 Å². The third kappa shape index (κ3) is 5.30. The molecule has 1 aromatic carbocycles. The number of hydrogen-bond acceptors (Lipinski definition) is 6. The Bertz CT molecular complexity index is 999. The van der Waals surface area contributed by atoms with Gasteiger partial charge in [-0.1, -0.05) is 30.1 Å². The quantitative estimate of drug-likeness (QED) is 0.453. The fraction of sp³-hybridized carbons (Fsp3) is 0.429. The summed E-state index contributed by atoms with van der Waals surface area (Å²) in [5.41, 5.74) is 0.669. The molecule has 0 radical (unpaired) electrons. The van der Waals surface area contributed by atoms with Gasteiger partial charge in [-0.05, 0) is 12.1 Å². The van der Waals surface area contributed by atoms with Crippen LogP contribution in [0.1, 0.15) is 42.6 Å². The molecule has 2 aromatic rings. The first-order chi connectivity index (χ1) is 14.7. The molecule has 0 bridgehead atoms. The summed E-state index contributed by atoms with van der Waals surface area (Å²) in [6, 6.07) is 2.96. The smallest absolute Gasteiger partial charge is 0.252 e. The Morgan fingerprint density at radius 2 is 1.90 bits per heavy atom. The zero-order chi connectivity index (χ0) is 22.8. The Morgan fingerprint density at radius 3 is 2.48 bits per heavy atom. The summed E-state index contributed by atoms with van der Waals surface area (Å²) in [5, 5.41) is 0.545. The van der Waals surface area contributed by atoms with Crippen LogP contribution in [0.2, 0.25) is 10.0 Å². The zero-order valence-electron chi connectivity index (χ0n) is 17.2. The maximum Gasteiger partial charge on any atom is 0.252 e. The maximum atomic E-state index is 13.6. The third-order valence-electron chi connectivity index (χ3n) is 4.84. The molecule has 3 unspecified atom stereocenters. The van der Waals surface area contributed by atoms with Crippen LogP contribution in [-0.2, 0) is 17.2 Å². The maximum absolute atomic E-state index is 13.6. The highest BCUT2D eigenvalue weighted by atomic mass is 35.5. The molecular weight excluding hydrogens is 468 g/mol. The Kier molecular flexibility index (Phi) is 7.44. The summed E-state index contributed by atoms with van der Waals surface area (Å²) in [5.74, 6) is -0.689. The number of carbonyl (C=O) groups excluding carboxylic acids is 1. The molecule has 3 rings (SSSR count). The highest BCUT2D eigenvalue weighted by Crippen LogP contribution is 2.50. The van der Waals surface area contributed by atoms with Gasteiger partial charge in [-0.15, -0.1) is 0 Å². The number of ether oxygens (including phenoxy) is 3. The van der Waals surface area contributed by atoms with E-state index in [9.17, 15) is 13.4 Å². The van der Waals surface area contributed by atoms with E-state index >= 15 is 0 Å². The van der Waals surface area contributed by atoms with Crippen LogP contribution in [0.5, 0.6) is 17.2 Å². The number of fused-ring (bicyclic) bond motifs is 1. The van der Waals surface area contributed by atoms with E-state index in [1.165, 1.54) is 31.5 Å². The molecule has 10 heteroatoms. The van der Waals surface area contributed by atoms with E-state index in [0.29, 0.717) is 24.2 Å². The second kappa shape index (κ2) is 9.71. The SMILES string of the molecule is CCC1(CCS(C)=O)Oc2c(OC(C)F)ccc(C(=O)Cc3c(Cl)cncc3Cl)c2O1. The fourth-order valence-corrected chi connectivity index (χ4v) is 4.30. The summed E-state index contributed by atoms with van der Waals surface area (Å²) < 4.78 is 42.6. The predicted octanol–water partition coefficient (Wildman–Crippen LogP) is 5.15. The summed E-state index contributed by atoms with van der Waals surface area (Å²) >= 11 is 12.3. The summed E-state index contributed by atoms with van der Waals surface area (Å²) in [6.45, 7) is 3.09. The molecule has 6 nitrogen and oxygen atoms in total. The van der Waals surface area contributed by atoms with Crippen molar-refractivity contribution in [3.8, 4) is 17.2 Å². The van der Waals surface area contributed by atoms with Crippen molar-refractivity contribution < 1.29 is 27.6 Å². The predicted molar refractivity (Wildman–Crippen MR) is 118 cm³/mol. The highest BCUT2D eigenvalue weighted by molar-refractivity contribution is 7.84. The standard InChI is InChI=1S/C21H22Cl2FNO5S/c1-4-21(7-8-31(3)27)29-19-13(5-6-18(20(19)30-21)28-12(2)24)17(26)9-14-15(22)10-25-11-16(14)23/h5-6,10-12H,4,7-9H2,1-3H3. The normalized spacial score (nSPS) is 19.2. The summed E-state index contributed by atoms with van der Waals surface area (Å²) in [7, 11) is -1.07. The molecule has 168 valence electrons. The molecule has 1 aliphatic rings. The number of rotatable bonds is 9. The van der Waals surface area contributed by atoms with Crippen molar-refractivity contribution in [2.45, 2.75) is 45.3 Å². The molecule has 0 spiro atoms. The lowest BCUT2D eigenvalue weighted by Gasteiger charge is -2.26. The van der Waals surface area contributed by atoms with Crippen molar-refractivity contribution in [3.05, 3.63) is 45.7 Å². The number of nitrogens with zero attached hydrogens (tertiary/aromatic N) is 1. The van der Waals surface area contributed by atoms with Crippen molar-refractivity contribution >= 4 is 39.8 Å². The zero-order valence-corrected chi connectivity index (χ0v) is 19.6.